The number of carbonyl (C=O) groups is 1. The van der Waals surface area contributed by atoms with Crippen molar-refractivity contribution in [2.24, 2.45) is 5.92 Å². The summed E-state index contributed by atoms with van der Waals surface area (Å²) in [4.78, 5) is 20.7. The molecule has 0 amide bonds. The molecule has 2 N–H and O–H groups in total. The fourth-order valence-corrected chi connectivity index (χ4v) is 6.90. The number of aliphatic hydroxyl groups excluding tert-OH is 1. The molecule has 6 rings (SSSR count). The van der Waals surface area contributed by atoms with Crippen LogP contribution in [0.25, 0.3) is 0 Å². The van der Waals surface area contributed by atoms with Crippen LogP contribution in [0, 0.1) is 5.92 Å². The Bertz CT molecular complexity index is 1560. The second-order valence-electron chi connectivity index (χ2n) is 12.1. The number of nitrogens with zero attached hydrogens (tertiary/aromatic N) is 6. The highest BCUT2D eigenvalue weighted by atomic mass is 16.5. The van der Waals surface area contributed by atoms with Gasteiger partial charge < -0.3 is 19.3 Å². The number of imidazole rings is 1. The number of tetrazole rings is 1. The van der Waals surface area contributed by atoms with Gasteiger partial charge in [0.25, 0.3) is 0 Å². The van der Waals surface area contributed by atoms with Gasteiger partial charge in [0.15, 0.2) is 5.82 Å². The number of esters is 1. The second kappa shape index (κ2) is 13.7. The first-order chi connectivity index (χ1) is 21.6. The van der Waals surface area contributed by atoms with E-state index in [0.29, 0.717) is 50.1 Å². The number of fused-ring (bicyclic) bond motifs is 2. The fraction of sp³-hybridized carbons (Fsp3) is 0.500. The van der Waals surface area contributed by atoms with E-state index in [1.54, 1.807) is 0 Å². The Balaban J connectivity index is 1.30. The van der Waals surface area contributed by atoms with E-state index in [9.17, 15) is 9.90 Å². The van der Waals surface area contributed by atoms with Gasteiger partial charge in [-0.05, 0) is 73.3 Å². The van der Waals surface area contributed by atoms with E-state index >= 15 is 0 Å². The van der Waals surface area contributed by atoms with E-state index in [1.165, 1.54) is 30.4 Å². The van der Waals surface area contributed by atoms with Crippen LogP contribution in [0.3, 0.4) is 0 Å². The maximum atomic E-state index is 13.5. The van der Waals surface area contributed by atoms with Crippen molar-refractivity contribution in [2.45, 2.75) is 97.2 Å². The average Bonchev–Trinajstić information content (AvgIpc) is 3.67. The summed E-state index contributed by atoms with van der Waals surface area (Å²) in [5, 5.41) is 25.2. The predicted octanol–water partition coefficient (Wildman–Crippen LogP) is 5.55. The first-order valence-corrected chi connectivity index (χ1v) is 16.1. The molecule has 0 radical (unpaired) electrons. The Hall–Kier alpha value is -4.05. The SMILES string of the molecule is CCc1nc(C(CC)C(=O)OCC2CCCCC2)n(Cc2ccc3c(c2)CCc2ccccc2N3Cc2nn[nH]n2)c1CO. The van der Waals surface area contributed by atoms with Crippen LogP contribution >= 0.6 is 0 Å². The third-order valence-electron chi connectivity index (χ3n) is 9.27. The first-order valence-electron chi connectivity index (χ1n) is 16.1. The zero-order chi connectivity index (χ0) is 30.5. The number of H-pyrrole nitrogens is 1. The molecule has 10 nitrogen and oxygen atoms in total. The van der Waals surface area contributed by atoms with Gasteiger partial charge in [-0.3, -0.25) is 4.79 Å². The largest absolute Gasteiger partial charge is 0.465 e. The van der Waals surface area contributed by atoms with Crippen LogP contribution in [0.2, 0.25) is 0 Å². The third kappa shape index (κ3) is 6.26. The number of anilines is 2. The molecule has 1 atom stereocenters. The number of carbonyl (C=O) groups excluding carboxylic acids is 1. The van der Waals surface area contributed by atoms with Crippen LogP contribution < -0.4 is 4.90 Å². The predicted molar refractivity (Wildman–Crippen MR) is 168 cm³/mol. The van der Waals surface area contributed by atoms with E-state index in [-0.39, 0.29) is 12.6 Å². The molecule has 1 aliphatic heterocycles. The number of aromatic nitrogens is 6. The highest BCUT2D eigenvalue weighted by molar-refractivity contribution is 5.77. The molecule has 10 heteroatoms. The molecular formula is C34H43N7O3. The van der Waals surface area contributed by atoms with Crippen molar-refractivity contribution in [3.05, 3.63) is 82.2 Å². The molecule has 1 aliphatic carbocycles. The topological polar surface area (TPSA) is 122 Å². The van der Waals surface area contributed by atoms with Gasteiger partial charge in [0.1, 0.15) is 11.7 Å². The third-order valence-corrected chi connectivity index (χ3v) is 9.27. The number of hydrogen-bond acceptors (Lipinski definition) is 8. The molecular weight excluding hydrogens is 554 g/mol. The molecule has 2 aromatic carbocycles. The van der Waals surface area contributed by atoms with Gasteiger partial charge in [0.05, 0.1) is 31.1 Å². The standard InChI is InChI=1S/C34H43N7O3/c1-3-27(34(43)44-22-23-10-6-5-7-11-23)33-35-28(4-2)31(21-42)41(33)19-24-14-17-30-26(18-24)16-15-25-12-8-9-13-29(25)40(30)20-32-36-38-39-37-32/h8-9,12-14,17-18,23,27,42H,3-7,10-11,15-16,19-22H2,1-2H3,(H,36,37,38,39). The molecule has 2 aromatic heterocycles. The number of ether oxygens (including phenoxy) is 1. The quantitative estimate of drug-likeness (QED) is 0.216. The Kier molecular flexibility index (Phi) is 9.35. The van der Waals surface area contributed by atoms with E-state index < -0.39 is 5.92 Å². The summed E-state index contributed by atoms with van der Waals surface area (Å²) in [6, 6.07) is 15.0. The molecule has 1 saturated carbocycles. The van der Waals surface area contributed by atoms with E-state index in [1.807, 2.05) is 13.8 Å². The van der Waals surface area contributed by atoms with Gasteiger partial charge in [-0.2, -0.15) is 5.21 Å². The lowest BCUT2D eigenvalue weighted by atomic mass is 9.90. The van der Waals surface area contributed by atoms with Crippen molar-refractivity contribution in [1.29, 1.82) is 0 Å². The molecule has 1 fully saturated rings. The highest BCUT2D eigenvalue weighted by Gasteiger charge is 2.30. The van der Waals surface area contributed by atoms with Crippen LogP contribution in [-0.2, 0) is 48.5 Å². The maximum absolute atomic E-state index is 13.5. The zero-order valence-electron chi connectivity index (χ0n) is 25.8. The van der Waals surface area contributed by atoms with E-state index in [2.05, 4.69) is 72.6 Å². The molecule has 1 unspecified atom stereocenters. The second-order valence-corrected chi connectivity index (χ2v) is 12.1. The number of para-hydroxylation sites is 1. The van der Waals surface area contributed by atoms with Crippen molar-refractivity contribution in [2.75, 3.05) is 11.5 Å². The van der Waals surface area contributed by atoms with Crippen molar-refractivity contribution >= 4 is 17.3 Å². The van der Waals surface area contributed by atoms with Crippen LogP contribution in [0.4, 0.5) is 11.4 Å². The monoisotopic (exact) mass is 597 g/mol. The lowest BCUT2D eigenvalue weighted by Crippen LogP contribution is -2.24. The van der Waals surface area contributed by atoms with Gasteiger partial charge in [0, 0.05) is 17.9 Å². The van der Waals surface area contributed by atoms with Gasteiger partial charge in [-0.1, -0.05) is 68.7 Å². The number of aryl methyl sites for hydroxylation is 3. The molecule has 0 bridgehead atoms. The molecule has 3 heterocycles. The van der Waals surface area contributed by atoms with Crippen LogP contribution in [0.1, 0.15) is 98.0 Å². The Morgan fingerprint density at radius 1 is 1.05 bits per heavy atom. The van der Waals surface area contributed by atoms with Crippen molar-refractivity contribution in [3.8, 4) is 0 Å². The van der Waals surface area contributed by atoms with Gasteiger partial charge in [-0.15, -0.1) is 10.2 Å². The summed E-state index contributed by atoms with van der Waals surface area (Å²) in [7, 11) is 0. The average molecular weight is 598 g/mol. The number of rotatable bonds is 11. The summed E-state index contributed by atoms with van der Waals surface area (Å²) >= 11 is 0. The van der Waals surface area contributed by atoms with Gasteiger partial charge in [0.2, 0.25) is 0 Å². The van der Waals surface area contributed by atoms with Crippen LogP contribution in [-0.4, -0.2) is 47.9 Å². The summed E-state index contributed by atoms with van der Waals surface area (Å²) in [5.41, 5.74) is 7.45. The Labute approximate surface area is 258 Å². The number of aromatic amines is 1. The molecule has 4 aromatic rings. The lowest BCUT2D eigenvalue weighted by Gasteiger charge is -2.26. The molecule has 0 saturated heterocycles. The van der Waals surface area contributed by atoms with Crippen molar-refractivity contribution in [3.63, 3.8) is 0 Å². The summed E-state index contributed by atoms with van der Waals surface area (Å²) < 4.78 is 7.96. The maximum Gasteiger partial charge on any atom is 0.316 e. The minimum absolute atomic E-state index is 0.136. The Morgan fingerprint density at radius 2 is 1.84 bits per heavy atom. The van der Waals surface area contributed by atoms with Crippen molar-refractivity contribution in [1.82, 2.24) is 30.2 Å². The smallest absolute Gasteiger partial charge is 0.316 e. The van der Waals surface area contributed by atoms with E-state index in [0.717, 1.165) is 54.0 Å². The number of benzene rings is 2. The van der Waals surface area contributed by atoms with E-state index in [4.69, 9.17) is 9.72 Å². The normalized spacial score (nSPS) is 15.8. The van der Waals surface area contributed by atoms with Gasteiger partial charge in [-0.25, -0.2) is 4.98 Å². The minimum atomic E-state index is -0.482. The summed E-state index contributed by atoms with van der Waals surface area (Å²) in [5.74, 6) is 1.07. The minimum Gasteiger partial charge on any atom is -0.465 e. The molecule has 0 spiro atoms. The first kappa shape index (κ1) is 30.0. The van der Waals surface area contributed by atoms with Crippen LogP contribution in [0.15, 0.2) is 42.5 Å². The zero-order valence-corrected chi connectivity index (χ0v) is 25.8. The van der Waals surface area contributed by atoms with Gasteiger partial charge >= 0.3 is 5.97 Å². The summed E-state index contributed by atoms with van der Waals surface area (Å²) in [6.07, 6.45) is 9.02. The molecule has 44 heavy (non-hydrogen) atoms. The lowest BCUT2D eigenvalue weighted by molar-refractivity contribution is -0.147. The molecule has 2 aliphatic rings. The fourth-order valence-electron chi connectivity index (χ4n) is 6.90. The summed E-state index contributed by atoms with van der Waals surface area (Å²) in [6.45, 7) is 5.40. The van der Waals surface area contributed by atoms with Crippen LogP contribution in [0.5, 0.6) is 0 Å². The Morgan fingerprint density at radius 3 is 2.59 bits per heavy atom. The highest BCUT2D eigenvalue weighted by Crippen LogP contribution is 2.38. The number of aliphatic hydroxyl groups is 1. The number of hydrogen-bond donors (Lipinski definition) is 2. The number of nitrogens with one attached hydrogen (secondary N) is 1. The molecule has 232 valence electrons. The van der Waals surface area contributed by atoms with Crippen molar-refractivity contribution < 1.29 is 14.6 Å².